The van der Waals surface area contributed by atoms with E-state index in [0.29, 0.717) is 12.1 Å². The van der Waals surface area contributed by atoms with Crippen molar-refractivity contribution in [3.8, 4) is 0 Å². The highest BCUT2D eigenvalue weighted by Crippen LogP contribution is 2.22. The molecule has 5 nitrogen and oxygen atoms in total. The standard InChI is InChI=1S/C23H28N4O/c1-16-17(2)26-21-9-7-18(13-20(16)21)14-25-23(28)19-8-10-22(24-15-19)27-11-5-3-4-6-12-27/h7-10,13,15,26H,3-6,11-12,14H2,1-2H3,(H,25,28). The molecule has 1 aliphatic rings. The number of nitrogens with zero attached hydrogens (tertiary/aromatic N) is 2. The van der Waals surface area contributed by atoms with Crippen LogP contribution in [-0.2, 0) is 6.54 Å². The second-order valence-corrected chi connectivity index (χ2v) is 7.74. The van der Waals surface area contributed by atoms with E-state index < -0.39 is 0 Å². The molecule has 28 heavy (non-hydrogen) atoms. The fraction of sp³-hybridized carbons (Fsp3) is 0.391. The van der Waals surface area contributed by atoms with Crippen molar-refractivity contribution in [2.24, 2.45) is 0 Å². The van der Waals surface area contributed by atoms with Crippen molar-refractivity contribution in [1.29, 1.82) is 0 Å². The molecule has 0 aliphatic carbocycles. The Morgan fingerprint density at radius 2 is 1.89 bits per heavy atom. The van der Waals surface area contributed by atoms with Crippen molar-refractivity contribution in [1.82, 2.24) is 15.3 Å². The van der Waals surface area contributed by atoms with E-state index in [1.165, 1.54) is 42.3 Å². The van der Waals surface area contributed by atoms with E-state index in [1.807, 2.05) is 12.1 Å². The molecule has 0 bridgehead atoms. The zero-order valence-corrected chi connectivity index (χ0v) is 16.7. The van der Waals surface area contributed by atoms with Crippen molar-refractivity contribution >= 4 is 22.6 Å². The molecule has 5 heteroatoms. The lowest BCUT2D eigenvalue weighted by molar-refractivity contribution is 0.0950. The minimum absolute atomic E-state index is 0.0861. The molecule has 0 spiro atoms. The predicted molar refractivity (Wildman–Crippen MR) is 114 cm³/mol. The Morgan fingerprint density at radius 3 is 2.61 bits per heavy atom. The zero-order chi connectivity index (χ0) is 19.5. The van der Waals surface area contributed by atoms with Gasteiger partial charge in [-0.05, 0) is 62.1 Å². The molecule has 3 heterocycles. The highest BCUT2D eigenvalue weighted by atomic mass is 16.1. The van der Waals surface area contributed by atoms with Crippen LogP contribution in [0.3, 0.4) is 0 Å². The molecule has 0 unspecified atom stereocenters. The first-order valence-electron chi connectivity index (χ1n) is 10.2. The molecule has 0 radical (unpaired) electrons. The summed E-state index contributed by atoms with van der Waals surface area (Å²) in [4.78, 5) is 22.8. The van der Waals surface area contributed by atoms with Gasteiger partial charge in [-0.25, -0.2) is 4.98 Å². The van der Waals surface area contributed by atoms with Gasteiger partial charge in [-0.2, -0.15) is 0 Å². The van der Waals surface area contributed by atoms with E-state index >= 15 is 0 Å². The number of aryl methyl sites for hydroxylation is 2. The molecule has 1 aromatic carbocycles. The Balaban J connectivity index is 1.40. The summed E-state index contributed by atoms with van der Waals surface area (Å²) in [5.74, 6) is 0.888. The highest BCUT2D eigenvalue weighted by molar-refractivity contribution is 5.94. The van der Waals surface area contributed by atoms with Gasteiger partial charge in [0.2, 0.25) is 0 Å². The highest BCUT2D eigenvalue weighted by Gasteiger charge is 2.13. The summed E-state index contributed by atoms with van der Waals surface area (Å²) in [5.41, 5.74) is 5.28. The molecule has 4 rings (SSSR count). The first-order valence-corrected chi connectivity index (χ1v) is 10.2. The van der Waals surface area contributed by atoms with Gasteiger partial charge >= 0.3 is 0 Å². The second kappa shape index (κ2) is 8.05. The van der Waals surface area contributed by atoms with Gasteiger partial charge in [0.25, 0.3) is 5.91 Å². The summed E-state index contributed by atoms with van der Waals surface area (Å²) < 4.78 is 0. The molecule has 2 aromatic heterocycles. The average molecular weight is 377 g/mol. The Hall–Kier alpha value is -2.82. The summed E-state index contributed by atoms with van der Waals surface area (Å²) in [5, 5.41) is 4.23. The van der Waals surface area contributed by atoms with Crippen molar-refractivity contribution in [2.45, 2.75) is 46.1 Å². The molecule has 146 valence electrons. The monoisotopic (exact) mass is 376 g/mol. The number of anilines is 1. The van der Waals surface area contributed by atoms with Gasteiger partial charge in [0.15, 0.2) is 0 Å². The van der Waals surface area contributed by atoms with E-state index in [9.17, 15) is 4.79 Å². The smallest absolute Gasteiger partial charge is 0.253 e. The van der Waals surface area contributed by atoms with Gasteiger partial charge in [0.05, 0.1) is 5.56 Å². The maximum absolute atomic E-state index is 12.5. The number of carbonyl (C=O) groups excluding carboxylic acids is 1. The number of aromatic nitrogens is 2. The van der Waals surface area contributed by atoms with Gasteiger partial charge in [0, 0.05) is 42.4 Å². The van der Waals surface area contributed by atoms with Crippen LogP contribution in [0, 0.1) is 13.8 Å². The molecule has 1 amide bonds. The van der Waals surface area contributed by atoms with E-state index in [2.05, 4.69) is 52.2 Å². The number of fused-ring (bicyclic) bond motifs is 1. The molecule has 1 saturated heterocycles. The maximum Gasteiger partial charge on any atom is 0.253 e. The van der Waals surface area contributed by atoms with Crippen molar-refractivity contribution < 1.29 is 4.79 Å². The summed E-state index contributed by atoms with van der Waals surface area (Å²) in [6, 6.07) is 10.1. The van der Waals surface area contributed by atoms with Crippen LogP contribution in [0.4, 0.5) is 5.82 Å². The normalized spacial score (nSPS) is 14.9. The lowest BCUT2D eigenvalue weighted by Gasteiger charge is -2.21. The number of nitrogens with one attached hydrogen (secondary N) is 2. The molecule has 3 aromatic rings. The maximum atomic E-state index is 12.5. The van der Waals surface area contributed by atoms with Gasteiger partial charge in [-0.1, -0.05) is 18.9 Å². The lowest BCUT2D eigenvalue weighted by Crippen LogP contribution is -2.26. The van der Waals surface area contributed by atoms with Gasteiger partial charge in [-0.15, -0.1) is 0 Å². The quantitative estimate of drug-likeness (QED) is 0.705. The molecule has 0 atom stereocenters. The zero-order valence-electron chi connectivity index (χ0n) is 16.7. The van der Waals surface area contributed by atoms with Gasteiger partial charge in [0.1, 0.15) is 5.82 Å². The fourth-order valence-corrected chi connectivity index (χ4v) is 3.91. The van der Waals surface area contributed by atoms with E-state index in [4.69, 9.17) is 0 Å². The van der Waals surface area contributed by atoms with Crippen LogP contribution in [-0.4, -0.2) is 29.0 Å². The number of H-pyrrole nitrogens is 1. The summed E-state index contributed by atoms with van der Waals surface area (Å²) >= 11 is 0. The molecular weight excluding hydrogens is 348 g/mol. The van der Waals surface area contributed by atoms with Crippen molar-refractivity contribution in [3.63, 3.8) is 0 Å². The van der Waals surface area contributed by atoms with E-state index in [0.717, 1.165) is 30.0 Å². The summed E-state index contributed by atoms with van der Waals surface area (Å²) in [7, 11) is 0. The average Bonchev–Trinajstić information content (AvgIpc) is 2.91. The first kappa shape index (κ1) is 18.5. The van der Waals surface area contributed by atoms with E-state index in [-0.39, 0.29) is 5.91 Å². The van der Waals surface area contributed by atoms with Crippen LogP contribution in [0.5, 0.6) is 0 Å². The Bertz CT molecular complexity index is 966. The Labute approximate surface area is 166 Å². The Morgan fingerprint density at radius 1 is 1.11 bits per heavy atom. The minimum Gasteiger partial charge on any atom is -0.358 e. The lowest BCUT2D eigenvalue weighted by atomic mass is 10.1. The third-order valence-electron chi connectivity index (χ3n) is 5.77. The number of amides is 1. The number of rotatable bonds is 4. The van der Waals surface area contributed by atoms with Crippen LogP contribution < -0.4 is 10.2 Å². The van der Waals surface area contributed by atoms with Gasteiger partial charge < -0.3 is 15.2 Å². The number of hydrogen-bond donors (Lipinski definition) is 2. The van der Waals surface area contributed by atoms with Crippen molar-refractivity contribution in [3.05, 3.63) is 58.9 Å². The number of carbonyl (C=O) groups is 1. The van der Waals surface area contributed by atoms with Crippen LogP contribution in [0.15, 0.2) is 36.5 Å². The number of pyridine rings is 1. The summed E-state index contributed by atoms with van der Waals surface area (Å²) in [6.07, 6.45) is 6.72. The van der Waals surface area contributed by atoms with Crippen molar-refractivity contribution in [2.75, 3.05) is 18.0 Å². The van der Waals surface area contributed by atoms with E-state index in [1.54, 1.807) is 6.20 Å². The van der Waals surface area contributed by atoms with Crippen LogP contribution in [0.25, 0.3) is 10.9 Å². The first-order chi connectivity index (χ1) is 13.6. The third kappa shape index (κ3) is 3.88. The predicted octanol–water partition coefficient (Wildman–Crippen LogP) is 4.49. The molecule has 0 saturated carbocycles. The van der Waals surface area contributed by atoms with Crippen LogP contribution in [0.2, 0.25) is 0 Å². The minimum atomic E-state index is -0.0861. The van der Waals surface area contributed by atoms with Crippen LogP contribution in [0.1, 0.15) is 52.9 Å². The molecular formula is C23H28N4O. The second-order valence-electron chi connectivity index (χ2n) is 7.74. The number of aromatic amines is 1. The Kier molecular flexibility index (Phi) is 5.33. The largest absolute Gasteiger partial charge is 0.358 e. The third-order valence-corrected chi connectivity index (χ3v) is 5.77. The van der Waals surface area contributed by atoms with Crippen LogP contribution >= 0.6 is 0 Å². The number of benzene rings is 1. The molecule has 1 aliphatic heterocycles. The van der Waals surface area contributed by atoms with Gasteiger partial charge in [-0.3, -0.25) is 4.79 Å². The SMILES string of the molecule is Cc1[nH]c2ccc(CNC(=O)c3ccc(N4CCCCCC4)nc3)cc2c1C. The molecule has 2 N–H and O–H groups in total. The number of hydrogen-bond acceptors (Lipinski definition) is 3. The summed E-state index contributed by atoms with van der Waals surface area (Å²) in [6.45, 7) is 6.82. The fourth-order valence-electron chi connectivity index (χ4n) is 3.91. The topological polar surface area (TPSA) is 61.0 Å². The molecule has 1 fully saturated rings.